The Morgan fingerprint density at radius 3 is 2.37 bits per heavy atom. The highest BCUT2D eigenvalue weighted by Gasteiger charge is 2.50. The molecule has 0 bridgehead atoms. The van der Waals surface area contributed by atoms with E-state index in [0.29, 0.717) is 18.7 Å². The summed E-state index contributed by atoms with van der Waals surface area (Å²) in [5.74, 6) is -0.166. The molecule has 7 heteroatoms. The molecule has 0 unspecified atom stereocenters. The maximum atomic E-state index is 13.0. The van der Waals surface area contributed by atoms with Gasteiger partial charge in [0, 0.05) is 30.8 Å². The zero-order valence-corrected chi connectivity index (χ0v) is 17.6. The van der Waals surface area contributed by atoms with Crippen LogP contribution in [-0.4, -0.2) is 48.4 Å². The molecule has 4 rings (SSSR count). The molecule has 0 atom stereocenters. The van der Waals surface area contributed by atoms with E-state index < -0.39 is 5.54 Å². The monoisotopic (exact) mass is 430 g/mol. The average molecular weight is 431 g/mol. The van der Waals surface area contributed by atoms with Gasteiger partial charge in [-0.2, -0.15) is 0 Å². The van der Waals surface area contributed by atoms with Crippen LogP contribution in [0.5, 0.6) is 0 Å². The highest BCUT2D eigenvalue weighted by molar-refractivity contribution is 5.96. The number of hydrogen-bond donors (Lipinski definition) is 1. The molecule has 0 saturated carbocycles. The normalized spacial score (nSPS) is 18.2. The Morgan fingerprint density at radius 1 is 1.03 bits per heavy atom. The van der Waals surface area contributed by atoms with E-state index in [1.807, 2.05) is 18.2 Å². The minimum absolute atomic E-state index is 0. The van der Waals surface area contributed by atoms with Crippen LogP contribution in [0.4, 0.5) is 10.1 Å². The highest BCUT2D eigenvalue weighted by Crippen LogP contribution is 2.36. The van der Waals surface area contributed by atoms with Gasteiger partial charge in [0.1, 0.15) is 11.4 Å². The number of ketones is 1. The summed E-state index contributed by atoms with van der Waals surface area (Å²) in [4.78, 5) is 29.5. The number of benzene rings is 2. The third kappa shape index (κ3) is 4.50. The lowest BCUT2D eigenvalue weighted by Gasteiger charge is -2.43. The molecule has 2 saturated heterocycles. The van der Waals surface area contributed by atoms with Crippen LogP contribution in [0.2, 0.25) is 0 Å². The molecule has 2 fully saturated rings. The van der Waals surface area contributed by atoms with E-state index in [9.17, 15) is 14.0 Å². The molecular formula is C23H26ClFN3O2-. The number of hydrogen-bond acceptors (Lipinski definition) is 4. The summed E-state index contributed by atoms with van der Waals surface area (Å²) in [6.45, 7) is 3.05. The zero-order valence-electron chi connectivity index (χ0n) is 16.8. The minimum atomic E-state index is -0.470. The Kier molecular flexibility index (Phi) is 7.10. The SMILES string of the molecule is O=C(CCCN1CCC2(CC1)C(=O)NCN2c1ccccc1)c1ccc(F)cc1.[Cl-]. The van der Waals surface area contributed by atoms with Crippen molar-refractivity contribution in [1.29, 1.82) is 0 Å². The molecule has 2 heterocycles. The van der Waals surface area contributed by atoms with E-state index in [-0.39, 0.29) is 29.9 Å². The van der Waals surface area contributed by atoms with Crippen molar-refractivity contribution >= 4 is 17.4 Å². The van der Waals surface area contributed by atoms with Gasteiger partial charge in [0.15, 0.2) is 5.78 Å². The van der Waals surface area contributed by atoms with Gasteiger partial charge in [0.25, 0.3) is 0 Å². The van der Waals surface area contributed by atoms with Gasteiger partial charge in [0.05, 0.1) is 6.67 Å². The second kappa shape index (κ2) is 9.58. The van der Waals surface area contributed by atoms with E-state index in [0.717, 1.165) is 44.6 Å². The molecule has 1 amide bonds. The number of nitrogens with one attached hydrogen (secondary N) is 1. The highest BCUT2D eigenvalue weighted by atomic mass is 35.5. The molecule has 30 heavy (non-hydrogen) atoms. The van der Waals surface area contributed by atoms with Crippen molar-refractivity contribution in [3.05, 3.63) is 66.0 Å². The van der Waals surface area contributed by atoms with Crippen molar-refractivity contribution in [3.63, 3.8) is 0 Å². The molecule has 0 aliphatic carbocycles. The standard InChI is InChI=1S/C23H26FN3O2.ClH/c24-19-10-8-18(9-11-19)21(28)7-4-14-26-15-12-23(13-16-26)22(29)25-17-27(23)20-5-2-1-3-6-20;/h1-3,5-6,8-11H,4,7,12-17H2,(H,25,29);1H/p-1. The quantitative estimate of drug-likeness (QED) is 0.666. The lowest BCUT2D eigenvalue weighted by Crippen LogP contribution is -3.00. The van der Waals surface area contributed by atoms with Crippen molar-refractivity contribution in [2.45, 2.75) is 31.2 Å². The maximum absolute atomic E-state index is 13.0. The summed E-state index contributed by atoms with van der Waals surface area (Å²) >= 11 is 0. The van der Waals surface area contributed by atoms with Gasteiger partial charge < -0.3 is 27.5 Å². The second-order valence-corrected chi connectivity index (χ2v) is 7.83. The van der Waals surface area contributed by atoms with E-state index in [1.54, 1.807) is 12.1 Å². The number of Topliss-reactive ketones (excluding diaryl/α,β-unsaturated/α-hetero) is 1. The number of piperidine rings is 1. The lowest BCUT2D eigenvalue weighted by molar-refractivity contribution is -0.125. The lowest BCUT2D eigenvalue weighted by atomic mass is 9.85. The number of anilines is 1. The summed E-state index contributed by atoms with van der Waals surface area (Å²) in [7, 11) is 0. The topological polar surface area (TPSA) is 52.7 Å². The molecule has 2 aliphatic heterocycles. The molecule has 0 radical (unpaired) electrons. The van der Waals surface area contributed by atoms with Crippen LogP contribution < -0.4 is 22.6 Å². The smallest absolute Gasteiger partial charge is 0.247 e. The number of amides is 1. The fraction of sp³-hybridized carbons (Fsp3) is 0.391. The first-order valence-corrected chi connectivity index (χ1v) is 10.2. The molecule has 2 aromatic carbocycles. The Labute approximate surface area is 182 Å². The third-order valence-corrected chi connectivity index (χ3v) is 6.13. The third-order valence-electron chi connectivity index (χ3n) is 6.13. The Hall–Kier alpha value is -2.44. The second-order valence-electron chi connectivity index (χ2n) is 7.83. The molecule has 0 aromatic heterocycles. The predicted molar refractivity (Wildman–Crippen MR) is 110 cm³/mol. The van der Waals surface area contributed by atoms with Gasteiger partial charge in [-0.05, 0) is 62.2 Å². The number of carbonyl (C=O) groups excluding carboxylic acids is 2. The van der Waals surface area contributed by atoms with E-state index >= 15 is 0 Å². The first kappa shape index (κ1) is 22.2. The molecule has 2 aromatic rings. The minimum Gasteiger partial charge on any atom is -1.00 e. The summed E-state index contributed by atoms with van der Waals surface area (Å²) in [6, 6.07) is 15.8. The Balaban J connectivity index is 0.00000256. The van der Waals surface area contributed by atoms with Crippen LogP contribution in [0.3, 0.4) is 0 Å². The van der Waals surface area contributed by atoms with Gasteiger partial charge in [-0.25, -0.2) is 4.39 Å². The van der Waals surface area contributed by atoms with Gasteiger partial charge >= 0.3 is 0 Å². The van der Waals surface area contributed by atoms with Crippen molar-refractivity contribution in [2.24, 2.45) is 0 Å². The van der Waals surface area contributed by atoms with Crippen molar-refractivity contribution in [1.82, 2.24) is 10.2 Å². The molecule has 160 valence electrons. The molecule has 5 nitrogen and oxygen atoms in total. The number of likely N-dealkylation sites (tertiary alicyclic amines) is 1. The van der Waals surface area contributed by atoms with Gasteiger partial charge in [0.2, 0.25) is 5.91 Å². The Morgan fingerprint density at radius 2 is 1.70 bits per heavy atom. The maximum Gasteiger partial charge on any atom is 0.247 e. The summed E-state index contributed by atoms with van der Waals surface area (Å²) in [5.41, 5.74) is 1.16. The first-order chi connectivity index (χ1) is 14.1. The largest absolute Gasteiger partial charge is 1.00 e. The number of rotatable bonds is 6. The number of carbonyl (C=O) groups is 2. The van der Waals surface area contributed by atoms with Crippen LogP contribution in [0.1, 0.15) is 36.0 Å². The van der Waals surface area contributed by atoms with Crippen LogP contribution in [0, 0.1) is 5.82 Å². The zero-order chi connectivity index (χ0) is 20.3. The molecule has 1 spiro atoms. The van der Waals surface area contributed by atoms with E-state index in [1.165, 1.54) is 12.1 Å². The summed E-state index contributed by atoms with van der Waals surface area (Å²) < 4.78 is 13.0. The van der Waals surface area contributed by atoms with Crippen molar-refractivity contribution in [2.75, 3.05) is 31.2 Å². The molecule has 2 aliphatic rings. The predicted octanol–water partition coefficient (Wildman–Crippen LogP) is 0.221. The fourth-order valence-corrected chi connectivity index (χ4v) is 4.42. The molecular weight excluding hydrogens is 405 g/mol. The van der Waals surface area contributed by atoms with Crippen LogP contribution >= 0.6 is 0 Å². The van der Waals surface area contributed by atoms with Gasteiger partial charge in [-0.3, -0.25) is 9.59 Å². The number of para-hydroxylation sites is 1. The van der Waals surface area contributed by atoms with Crippen molar-refractivity contribution < 1.29 is 26.4 Å². The summed E-state index contributed by atoms with van der Waals surface area (Å²) in [5, 5.41) is 3.02. The van der Waals surface area contributed by atoms with Crippen LogP contribution in [0.15, 0.2) is 54.6 Å². The average Bonchev–Trinajstić information content (AvgIpc) is 3.06. The van der Waals surface area contributed by atoms with Gasteiger partial charge in [-0.15, -0.1) is 0 Å². The van der Waals surface area contributed by atoms with Crippen molar-refractivity contribution in [3.8, 4) is 0 Å². The number of halogens is 2. The van der Waals surface area contributed by atoms with Gasteiger partial charge in [-0.1, -0.05) is 18.2 Å². The fourth-order valence-electron chi connectivity index (χ4n) is 4.42. The Bertz CT molecular complexity index is 868. The van der Waals surface area contributed by atoms with Crippen LogP contribution in [-0.2, 0) is 4.79 Å². The first-order valence-electron chi connectivity index (χ1n) is 10.2. The van der Waals surface area contributed by atoms with E-state index in [2.05, 4.69) is 27.2 Å². The molecule has 1 N–H and O–H groups in total. The number of nitrogens with zero attached hydrogens (tertiary/aromatic N) is 2. The van der Waals surface area contributed by atoms with E-state index in [4.69, 9.17) is 0 Å². The van der Waals surface area contributed by atoms with Crippen LogP contribution in [0.25, 0.3) is 0 Å². The summed E-state index contributed by atoms with van der Waals surface area (Å²) in [6.07, 6.45) is 2.76.